The molecular weight excluding hydrogens is 645 g/mol. The summed E-state index contributed by atoms with van der Waals surface area (Å²) in [5, 5.41) is 5.31. The van der Waals surface area contributed by atoms with Crippen LogP contribution in [0.3, 0.4) is 0 Å². The van der Waals surface area contributed by atoms with E-state index in [0.717, 1.165) is 0 Å². The lowest BCUT2D eigenvalue weighted by molar-refractivity contribution is -0.121. The topological polar surface area (TPSA) is 140 Å². The van der Waals surface area contributed by atoms with Gasteiger partial charge >= 0.3 is 12.2 Å². The van der Waals surface area contributed by atoms with Crippen LogP contribution in [0.1, 0.15) is 18.1 Å². The Bertz CT molecular complexity index is 1910. The normalized spacial score (nSPS) is 15.6. The molecule has 0 saturated heterocycles. The van der Waals surface area contributed by atoms with E-state index in [-0.39, 0.29) is 44.9 Å². The molecule has 0 saturated carbocycles. The SMILES string of the molecule is CCOC(=O)NC1(c2ccccc2Cl)C(=O)N(S(=O)(=O)c2ccc(NC(=O)Oc3ccccc3)cc2OC)c2ccc(Cl)cc21. The van der Waals surface area contributed by atoms with Crippen molar-refractivity contribution < 1.29 is 37.0 Å². The first-order valence-corrected chi connectivity index (χ1v) is 15.5. The van der Waals surface area contributed by atoms with Crippen LogP contribution in [0.15, 0.2) is 95.9 Å². The highest BCUT2D eigenvalue weighted by Gasteiger charge is 2.58. The Hall–Kier alpha value is -4.78. The van der Waals surface area contributed by atoms with Gasteiger partial charge in [-0.2, -0.15) is 4.31 Å². The first-order valence-electron chi connectivity index (χ1n) is 13.3. The number of amides is 3. The average Bonchev–Trinajstić information content (AvgIpc) is 3.25. The van der Waals surface area contributed by atoms with Crippen molar-refractivity contribution in [2.45, 2.75) is 17.4 Å². The number of carbonyl (C=O) groups excluding carboxylic acids is 3. The van der Waals surface area contributed by atoms with Crippen LogP contribution in [0.5, 0.6) is 11.5 Å². The van der Waals surface area contributed by atoms with Gasteiger partial charge in [0.2, 0.25) is 0 Å². The van der Waals surface area contributed by atoms with Gasteiger partial charge in [-0.15, -0.1) is 0 Å². The van der Waals surface area contributed by atoms with E-state index in [0.29, 0.717) is 10.1 Å². The number of sulfonamides is 1. The number of halogens is 2. The maximum absolute atomic E-state index is 14.6. The molecule has 232 valence electrons. The van der Waals surface area contributed by atoms with Crippen LogP contribution < -0.4 is 24.4 Å². The van der Waals surface area contributed by atoms with Crippen molar-refractivity contribution in [1.29, 1.82) is 0 Å². The number of hydrogen-bond acceptors (Lipinski definition) is 8. The summed E-state index contributed by atoms with van der Waals surface area (Å²) in [6, 6.07) is 22.4. The van der Waals surface area contributed by atoms with Gasteiger partial charge in [-0.25, -0.2) is 18.0 Å². The van der Waals surface area contributed by atoms with Crippen LogP contribution in [-0.4, -0.2) is 40.2 Å². The highest BCUT2D eigenvalue weighted by Crippen LogP contribution is 2.50. The molecule has 0 radical (unpaired) electrons. The summed E-state index contributed by atoms with van der Waals surface area (Å²) < 4.78 is 45.0. The Balaban J connectivity index is 1.60. The molecule has 2 N–H and O–H groups in total. The van der Waals surface area contributed by atoms with Crippen LogP contribution in [0.2, 0.25) is 10.0 Å². The third-order valence-corrected chi connectivity index (χ3v) is 9.11. The van der Waals surface area contributed by atoms with Crippen molar-refractivity contribution in [3.63, 3.8) is 0 Å². The van der Waals surface area contributed by atoms with Gasteiger partial charge < -0.3 is 14.2 Å². The van der Waals surface area contributed by atoms with Crippen LogP contribution in [0, 0.1) is 0 Å². The van der Waals surface area contributed by atoms with Gasteiger partial charge in [-0.05, 0) is 55.5 Å². The number of anilines is 2. The summed E-state index contributed by atoms with van der Waals surface area (Å²) in [7, 11) is -3.52. The van der Waals surface area contributed by atoms with Crippen LogP contribution >= 0.6 is 23.2 Å². The minimum atomic E-state index is -4.75. The number of fused-ring (bicyclic) bond motifs is 1. The fourth-order valence-electron chi connectivity index (χ4n) is 4.93. The maximum atomic E-state index is 14.6. The number of ether oxygens (including phenoxy) is 3. The van der Waals surface area contributed by atoms with Crippen molar-refractivity contribution in [2.75, 3.05) is 23.3 Å². The summed E-state index contributed by atoms with van der Waals surface area (Å²) in [6.45, 7) is 1.55. The summed E-state index contributed by atoms with van der Waals surface area (Å²) in [5.41, 5.74) is -1.94. The summed E-state index contributed by atoms with van der Waals surface area (Å²) in [5.74, 6) is -0.966. The van der Waals surface area contributed by atoms with Gasteiger partial charge in [-0.1, -0.05) is 59.6 Å². The number of rotatable bonds is 8. The van der Waals surface area contributed by atoms with E-state index in [1.807, 2.05) is 0 Å². The van der Waals surface area contributed by atoms with Crippen molar-refractivity contribution in [2.24, 2.45) is 0 Å². The molecule has 5 rings (SSSR count). The van der Waals surface area contributed by atoms with Crippen LogP contribution in [0.25, 0.3) is 0 Å². The third kappa shape index (κ3) is 5.87. The molecule has 0 spiro atoms. The van der Waals surface area contributed by atoms with Gasteiger partial charge in [0.25, 0.3) is 15.9 Å². The lowest BCUT2D eigenvalue weighted by Crippen LogP contribution is -2.55. The molecule has 1 aliphatic rings. The predicted octanol–water partition coefficient (Wildman–Crippen LogP) is 6.34. The number of alkyl carbamates (subject to hydrolysis) is 1. The number of methoxy groups -OCH3 is 1. The molecule has 4 aromatic carbocycles. The summed E-state index contributed by atoms with van der Waals surface area (Å²) in [6.07, 6.45) is -1.82. The number of para-hydroxylation sites is 1. The van der Waals surface area contributed by atoms with Crippen LogP contribution in [-0.2, 0) is 25.1 Å². The molecule has 11 nitrogen and oxygen atoms in total. The first kappa shape index (κ1) is 31.6. The zero-order chi connectivity index (χ0) is 32.4. The molecule has 4 aromatic rings. The summed E-state index contributed by atoms with van der Waals surface area (Å²) in [4.78, 5) is 39.5. The van der Waals surface area contributed by atoms with Crippen molar-refractivity contribution in [1.82, 2.24) is 5.32 Å². The van der Waals surface area contributed by atoms with Crippen LogP contribution in [0.4, 0.5) is 21.0 Å². The first-order chi connectivity index (χ1) is 21.5. The number of carbonyl (C=O) groups is 3. The minimum absolute atomic E-state index is 0.0283. The second kappa shape index (κ2) is 12.7. The second-order valence-corrected chi connectivity index (χ2v) is 12.1. The van der Waals surface area contributed by atoms with E-state index in [9.17, 15) is 22.8 Å². The predicted molar refractivity (Wildman–Crippen MR) is 168 cm³/mol. The van der Waals surface area contributed by atoms with E-state index in [1.54, 1.807) is 49.4 Å². The molecule has 0 aliphatic carbocycles. The number of benzene rings is 4. The Labute approximate surface area is 268 Å². The Kier molecular flexibility index (Phi) is 8.91. The van der Waals surface area contributed by atoms with Gasteiger partial charge in [0.15, 0.2) is 5.54 Å². The zero-order valence-electron chi connectivity index (χ0n) is 23.7. The molecule has 0 fully saturated rings. The van der Waals surface area contributed by atoms with E-state index in [2.05, 4.69) is 10.6 Å². The zero-order valence-corrected chi connectivity index (χ0v) is 26.1. The van der Waals surface area contributed by atoms with Crippen molar-refractivity contribution in [3.8, 4) is 11.5 Å². The number of nitrogens with one attached hydrogen (secondary N) is 2. The fraction of sp³-hybridized carbons (Fsp3) is 0.129. The molecular formula is C31H25Cl2N3O8S. The van der Waals surface area contributed by atoms with E-state index >= 15 is 0 Å². The smallest absolute Gasteiger partial charge is 0.417 e. The van der Waals surface area contributed by atoms with Gasteiger partial charge in [0.05, 0.1) is 19.4 Å². The molecule has 1 aliphatic heterocycles. The molecule has 1 heterocycles. The van der Waals surface area contributed by atoms with Gasteiger partial charge in [0, 0.05) is 32.9 Å². The molecule has 0 aromatic heterocycles. The Morgan fingerprint density at radius 2 is 1.60 bits per heavy atom. The highest BCUT2D eigenvalue weighted by molar-refractivity contribution is 7.93. The molecule has 1 unspecified atom stereocenters. The average molecular weight is 671 g/mol. The van der Waals surface area contributed by atoms with Crippen molar-refractivity contribution in [3.05, 3.63) is 112 Å². The molecule has 14 heteroatoms. The number of nitrogens with zero attached hydrogens (tertiary/aromatic N) is 1. The van der Waals surface area contributed by atoms with Crippen molar-refractivity contribution >= 4 is 62.7 Å². The lowest BCUT2D eigenvalue weighted by Gasteiger charge is -2.30. The fourth-order valence-corrected chi connectivity index (χ4v) is 6.99. The molecule has 0 bridgehead atoms. The highest BCUT2D eigenvalue weighted by atomic mass is 35.5. The summed E-state index contributed by atoms with van der Waals surface area (Å²) >= 11 is 12.9. The quantitative estimate of drug-likeness (QED) is 0.222. The Morgan fingerprint density at radius 1 is 0.889 bits per heavy atom. The third-order valence-electron chi connectivity index (χ3n) is 6.81. The van der Waals surface area contributed by atoms with Gasteiger partial charge in [0.1, 0.15) is 16.4 Å². The van der Waals surface area contributed by atoms with E-state index in [1.165, 1.54) is 55.6 Å². The monoisotopic (exact) mass is 669 g/mol. The Morgan fingerprint density at radius 3 is 2.29 bits per heavy atom. The maximum Gasteiger partial charge on any atom is 0.417 e. The lowest BCUT2D eigenvalue weighted by atomic mass is 9.84. The van der Waals surface area contributed by atoms with E-state index < -0.39 is 38.6 Å². The number of hydrogen-bond donors (Lipinski definition) is 2. The standard InChI is InChI=1S/C31H25Cl2N3O8S/c1-3-43-30(39)35-31(22-11-7-8-12-24(22)33)23-17-19(32)13-15-25(23)36(28(31)37)45(40,41)27-16-14-20(18-26(27)42-2)34-29(38)44-21-9-5-4-6-10-21/h4-18H,3H2,1-2H3,(H,34,38)(H,35,39). The largest absolute Gasteiger partial charge is 0.495 e. The van der Waals surface area contributed by atoms with Gasteiger partial charge in [-0.3, -0.25) is 15.4 Å². The molecule has 1 atom stereocenters. The molecule has 3 amide bonds. The van der Waals surface area contributed by atoms with E-state index in [4.69, 9.17) is 37.4 Å². The minimum Gasteiger partial charge on any atom is -0.495 e. The molecule has 45 heavy (non-hydrogen) atoms. The second-order valence-electron chi connectivity index (χ2n) is 9.50.